The zero-order valence-corrected chi connectivity index (χ0v) is 16.7. The van der Waals surface area contributed by atoms with Crippen LogP contribution in [0.4, 0.5) is 0 Å². The smallest absolute Gasteiger partial charge is 0.310 e. The Morgan fingerprint density at radius 3 is 2.11 bits per heavy atom. The van der Waals surface area contributed by atoms with E-state index in [0.29, 0.717) is 6.42 Å². The molecule has 0 aliphatic heterocycles. The largest absolute Gasteiger partial charge is 0.481 e. The third-order valence-electron chi connectivity index (χ3n) is 5.11. The summed E-state index contributed by atoms with van der Waals surface area (Å²) >= 11 is 0. The molecule has 6 nitrogen and oxygen atoms in total. The quantitative estimate of drug-likeness (QED) is 0.299. The Balaban J connectivity index is 2.99. The standard InChI is InChI=1S/C21H34O6/c1-4-5-6-7-8-15-9-10-16(11-12-17(22)23)19(18(15)20(24)25)21(26)27-13-14(2)3/h9-10,14-16,18-19H,4-8,11-13H2,1-3H3,(H,22,23)(H,24,25). The zero-order chi connectivity index (χ0) is 20.4. The van der Waals surface area contributed by atoms with Crippen molar-refractivity contribution in [1.82, 2.24) is 0 Å². The predicted octanol–water partition coefficient (Wildman–Crippen LogP) is 4.14. The Morgan fingerprint density at radius 1 is 0.963 bits per heavy atom. The van der Waals surface area contributed by atoms with E-state index in [0.717, 1.165) is 25.7 Å². The maximum Gasteiger partial charge on any atom is 0.310 e. The van der Waals surface area contributed by atoms with Gasteiger partial charge in [-0.15, -0.1) is 0 Å². The van der Waals surface area contributed by atoms with E-state index in [9.17, 15) is 19.5 Å². The van der Waals surface area contributed by atoms with Crippen molar-refractivity contribution in [2.24, 2.45) is 29.6 Å². The molecule has 0 amide bonds. The van der Waals surface area contributed by atoms with E-state index < -0.39 is 35.7 Å². The molecule has 6 heteroatoms. The zero-order valence-electron chi connectivity index (χ0n) is 16.7. The fraction of sp³-hybridized carbons (Fsp3) is 0.762. The Labute approximate surface area is 162 Å². The lowest BCUT2D eigenvalue weighted by molar-refractivity contribution is -0.163. The first kappa shape index (κ1) is 23.2. The van der Waals surface area contributed by atoms with E-state index in [1.807, 2.05) is 26.0 Å². The highest BCUT2D eigenvalue weighted by atomic mass is 16.5. The predicted molar refractivity (Wildman–Crippen MR) is 102 cm³/mol. The molecule has 0 fully saturated rings. The van der Waals surface area contributed by atoms with Crippen LogP contribution in [0, 0.1) is 29.6 Å². The summed E-state index contributed by atoms with van der Waals surface area (Å²) in [6, 6.07) is 0. The molecule has 154 valence electrons. The van der Waals surface area contributed by atoms with Crippen molar-refractivity contribution in [2.45, 2.75) is 65.7 Å². The van der Waals surface area contributed by atoms with E-state index in [-0.39, 0.29) is 31.3 Å². The van der Waals surface area contributed by atoms with Crippen LogP contribution in [-0.4, -0.2) is 34.7 Å². The maximum atomic E-state index is 12.7. The third-order valence-corrected chi connectivity index (χ3v) is 5.11. The number of aliphatic carboxylic acids is 2. The lowest BCUT2D eigenvalue weighted by Gasteiger charge is -2.36. The van der Waals surface area contributed by atoms with Crippen molar-refractivity contribution < 1.29 is 29.3 Å². The van der Waals surface area contributed by atoms with Gasteiger partial charge in [-0.05, 0) is 30.6 Å². The van der Waals surface area contributed by atoms with Gasteiger partial charge in [-0.25, -0.2) is 0 Å². The van der Waals surface area contributed by atoms with Gasteiger partial charge in [0.15, 0.2) is 0 Å². The number of carbonyl (C=O) groups is 3. The number of unbranched alkanes of at least 4 members (excludes halogenated alkanes) is 3. The third kappa shape index (κ3) is 7.73. The van der Waals surface area contributed by atoms with Crippen molar-refractivity contribution in [2.75, 3.05) is 6.61 Å². The van der Waals surface area contributed by atoms with Crippen LogP contribution in [0.25, 0.3) is 0 Å². The molecular formula is C21H34O6. The summed E-state index contributed by atoms with van der Waals surface area (Å²) in [6.07, 6.45) is 8.73. The normalized spacial score (nSPS) is 24.7. The van der Waals surface area contributed by atoms with Gasteiger partial charge in [0.25, 0.3) is 0 Å². The van der Waals surface area contributed by atoms with Gasteiger partial charge in [0.1, 0.15) is 0 Å². The number of esters is 1. The first-order chi connectivity index (χ1) is 12.8. The molecule has 0 saturated carbocycles. The van der Waals surface area contributed by atoms with E-state index in [1.54, 1.807) is 0 Å². The Hall–Kier alpha value is -1.85. The monoisotopic (exact) mass is 382 g/mol. The van der Waals surface area contributed by atoms with Crippen molar-refractivity contribution in [3.8, 4) is 0 Å². The lowest BCUT2D eigenvalue weighted by atomic mass is 9.68. The van der Waals surface area contributed by atoms with Crippen LogP contribution in [0.15, 0.2) is 12.2 Å². The summed E-state index contributed by atoms with van der Waals surface area (Å²) in [4.78, 5) is 35.7. The minimum absolute atomic E-state index is 0.101. The minimum atomic E-state index is -1.01. The Kier molecular flexibility index (Phi) is 10.1. The number of carboxylic acids is 2. The van der Waals surface area contributed by atoms with Crippen molar-refractivity contribution in [1.29, 1.82) is 0 Å². The Bertz CT molecular complexity index is 525. The van der Waals surface area contributed by atoms with Crippen molar-refractivity contribution in [3.05, 3.63) is 12.2 Å². The van der Waals surface area contributed by atoms with Crippen molar-refractivity contribution >= 4 is 17.9 Å². The summed E-state index contributed by atoms with van der Waals surface area (Å²) in [5.74, 6) is -4.67. The van der Waals surface area contributed by atoms with Gasteiger partial charge in [0, 0.05) is 6.42 Å². The molecular weight excluding hydrogens is 348 g/mol. The molecule has 1 aliphatic carbocycles. The van der Waals surface area contributed by atoms with Gasteiger partial charge in [0.05, 0.1) is 18.4 Å². The van der Waals surface area contributed by atoms with Gasteiger partial charge in [-0.1, -0.05) is 58.6 Å². The molecule has 0 aromatic heterocycles. The van der Waals surface area contributed by atoms with Crippen LogP contribution in [-0.2, 0) is 19.1 Å². The van der Waals surface area contributed by atoms with Crippen LogP contribution in [0.1, 0.15) is 65.7 Å². The SMILES string of the molecule is CCCCCCC1C=CC(CCC(=O)O)C(C(=O)OCC(C)C)C1C(=O)O. The van der Waals surface area contributed by atoms with Crippen LogP contribution in [0.3, 0.4) is 0 Å². The van der Waals surface area contributed by atoms with Gasteiger partial charge in [-0.2, -0.15) is 0 Å². The first-order valence-corrected chi connectivity index (χ1v) is 10.1. The molecule has 0 aromatic carbocycles. The first-order valence-electron chi connectivity index (χ1n) is 10.1. The van der Waals surface area contributed by atoms with E-state index >= 15 is 0 Å². The summed E-state index contributed by atoms with van der Waals surface area (Å²) < 4.78 is 5.37. The molecule has 0 spiro atoms. The fourth-order valence-electron chi connectivity index (χ4n) is 3.71. The molecule has 0 heterocycles. The Morgan fingerprint density at radius 2 is 1.59 bits per heavy atom. The number of allylic oxidation sites excluding steroid dienone is 2. The number of hydrogen-bond donors (Lipinski definition) is 2. The highest BCUT2D eigenvalue weighted by molar-refractivity contribution is 5.82. The molecule has 0 saturated heterocycles. The molecule has 0 bridgehead atoms. The molecule has 1 rings (SSSR count). The molecule has 1 aliphatic rings. The highest BCUT2D eigenvalue weighted by Crippen LogP contribution is 2.40. The number of ether oxygens (including phenoxy) is 1. The summed E-state index contributed by atoms with van der Waals surface area (Å²) in [5, 5.41) is 18.8. The second-order valence-corrected chi connectivity index (χ2v) is 7.91. The van der Waals surface area contributed by atoms with Crippen LogP contribution >= 0.6 is 0 Å². The lowest BCUT2D eigenvalue weighted by Crippen LogP contribution is -2.42. The molecule has 4 atom stereocenters. The fourth-order valence-corrected chi connectivity index (χ4v) is 3.71. The number of rotatable bonds is 12. The topological polar surface area (TPSA) is 101 Å². The van der Waals surface area contributed by atoms with Crippen LogP contribution in [0.5, 0.6) is 0 Å². The second kappa shape index (κ2) is 11.8. The van der Waals surface area contributed by atoms with Gasteiger partial charge in [0.2, 0.25) is 0 Å². The average Bonchev–Trinajstić information content (AvgIpc) is 2.61. The molecule has 4 unspecified atom stereocenters. The highest BCUT2D eigenvalue weighted by Gasteiger charge is 2.45. The second-order valence-electron chi connectivity index (χ2n) is 7.91. The molecule has 0 radical (unpaired) electrons. The number of hydrogen-bond acceptors (Lipinski definition) is 4. The summed E-state index contributed by atoms with van der Waals surface area (Å²) in [6.45, 7) is 6.19. The van der Waals surface area contributed by atoms with Crippen LogP contribution < -0.4 is 0 Å². The summed E-state index contributed by atoms with van der Waals surface area (Å²) in [7, 11) is 0. The van der Waals surface area contributed by atoms with Gasteiger partial charge < -0.3 is 14.9 Å². The summed E-state index contributed by atoms with van der Waals surface area (Å²) in [5.41, 5.74) is 0. The molecule has 2 N–H and O–H groups in total. The van der Waals surface area contributed by atoms with Gasteiger partial charge in [-0.3, -0.25) is 14.4 Å². The number of carbonyl (C=O) groups excluding carboxylic acids is 1. The maximum absolute atomic E-state index is 12.7. The average molecular weight is 382 g/mol. The van der Waals surface area contributed by atoms with E-state index in [4.69, 9.17) is 9.84 Å². The minimum Gasteiger partial charge on any atom is -0.481 e. The number of carboxylic acid groups (broad SMARTS) is 2. The molecule has 0 aromatic rings. The van der Waals surface area contributed by atoms with E-state index in [1.165, 1.54) is 0 Å². The molecule has 27 heavy (non-hydrogen) atoms. The van der Waals surface area contributed by atoms with Crippen molar-refractivity contribution in [3.63, 3.8) is 0 Å². The van der Waals surface area contributed by atoms with E-state index in [2.05, 4.69) is 6.92 Å². The van der Waals surface area contributed by atoms with Crippen LogP contribution in [0.2, 0.25) is 0 Å². The van der Waals surface area contributed by atoms with Gasteiger partial charge >= 0.3 is 17.9 Å².